The smallest absolute Gasteiger partial charge is 0.119 e. The van der Waals surface area contributed by atoms with Crippen molar-refractivity contribution in [3.8, 4) is 5.75 Å². The van der Waals surface area contributed by atoms with Crippen LogP contribution in [0, 0.1) is 0 Å². The van der Waals surface area contributed by atoms with Gasteiger partial charge in [-0.3, -0.25) is 0 Å². The first-order chi connectivity index (χ1) is 6.22. The van der Waals surface area contributed by atoms with Crippen LogP contribution < -0.4 is 10.5 Å². The number of benzene rings is 1. The molecule has 0 saturated carbocycles. The number of ether oxygens (including phenoxy) is 1. The number of hydrogen-bond donors (Lipinski definition) is 2. The summed E-state index contributed by atoms with van der Waals surface area (Å²) >= 11 is 0. The van der Waals surface area contributed by atoms with Gasteiger partial charge in [-0.2, -0.15) is 0 Å². The molecule has 1 aromatic rings. The maximum absolute atomic E-state index is 9.22. The van der Waals surface area contributed by atoms with Crippen LogP contribution in [0.1, 0.15) is 13.3 Å². The molecule has 0 aromatic heterocycles. The molecule has 0 aliphatic rings. The number of anilines is 1. The summed E-state index contributed by atoms with van der Waals surface area (Å²) in [6, 6.07) is 7.12. The largest absolute Gasteiger partial charge is 0.491 e. The molecule has 1 unspecified atom stereocenters. The predicted molar refractivity (Wildman–Crippen MR) is 52.6 cm³/mol. The van der Waals surface area contributed by atoms with Gasteiger partial charge in [-0.25, -0.2) is 0 Å². The standard InChI is InChI=1S/C10H15NO2/c1-2-9(12)7-13-10-5-3-8(11)4-6-10/h3-6,9,12H,2,7,11H2,1H3. The highest BCUT2D eigenvalue weighted by atomic mass is 16.5. The first-order valence-corrected chi connectivity index (χ1v) is 4.38. The Hall–Kier alpha value is -1.22. The van der Waals surface area contributed by atoms with Crippen LogP contribution >= 0.6 is 0 Å². The molecule has 0 saturated heterocycles. The summed E-state index contributed by atoms with van der Waals surface area (Å²) in [5, 5.41) is 9.22. The fraction of sp³-hybridized carbons (Fsp3) is 0.400. The Kier molecular flexibility index (Phi) is 3.58. The van der Waals surface area contributed by atoms with Crippen LogP contribution in [0.5, 0.6) is 5.75 Å². The molecule has 1 rings (SSSR count). The second kappa shape index (κ2) is 4.72. The normalized spacial score (nSPS) is 12.5. The fourth-order valence-electron chi connectivity index (χ4n) is 0.874. The van der Waals surface area contributed by atoms with Gasteiger partial charge in [-0.1, -0.05) is 6.92 Å². The monoisotopic (exact) mass is 181 g/mol. The maximum atomic E-state index is 9.22. The molecule has 0 aliphatic carbocycles. The molecule has 0 aliphatic heterocycles. The van der Waals surface area contributed by atoms with E-state index in [1.807, 2.05) is 6.92 Å². The van der Waals surface area contributed by atoms with Crippen molar-refractivity contribution >= 4 is 5.69 Å². The van der Waals surface area contributed by atoms with Crippen LogP contribution in [0.3, 0.4) is 0 Å². The average Bonchev–Trinajstić information content (AvgIpc) is 2.16. The van der Waals surface area contributed by atoms with Gasteiger partial charge < -0.3 is 15.6 Å². The van der Waals surface area contributed by atoms with Gasteiger partial charge in [0, 0.05) is 5.69 Å². The van der Waals surface area contributed by atoms with Gasteiger partial charge in [0.1, 0.15) is 12.4 Å². The number of aliphatic hydroxyl groups excluding tert-OH is 1. The molecule has 3 nitrogen and oxygen atoms in total. The van der Waals surface area contributed by atoms with Gasteiger partial charge >= 0.3 is 0 Å². The molecule has 0 bridgehead atoms. The third-order valence-electron chi connectivity index (χ3n) is 1.79. The Morgan fingerprint density at radius 2 is 2.00 bits per heavy atom. The van der Waals surface area contributed by atoms with Crippen molar-refractivity contribution in [2.45, 2.75) is 19.4 Å². The van der Waals surface area contributed by atoms with Gasteiger partial charge in [0.15, 0.2) is 0 Å². The summed E-state index contributed by atoms with van der Waals surface area (Å²) in [5.74, 6) is 0.738. The van der Waals surface area contributed by atoms with Gasteiger partial charge in [-0.05, 0) is 30.7 Å². The Bertz CT molecular complexity index is 246. The van der Waals surface area contributed by atoms with E-state index >= 15 is 0 Å². The summed E-state index contributed by atoms with van der Waals surface area (Å²) in [4.78, 5) is 0. The van der Waals surface area contributed by atoms with Crippen molar-refractivity contribution in [2.75, 3.05) is 12.3 Å². The van der Waals surface area contributed by atoms with Crippen LogP contribution in [0.4, 0.5) is 5.69 Å². The molecule has 0 heterocycles. The zero-order valence-electron chi connectivity index (χ0n) is 7.73. The van der Waals surface area contributed by atoms with E-state index in [4.69, 9.17) is 10.5 Å². The summed E-state index contributed by atoms with van der Waals surface area (Å²) in [5.41, 5.74) is 6.22. The van der Waals surface area contributed by atoms with Crippen LogP contribution in [-0.4, -0.2) is 17.8 Å². The second-order valence-electron chi connectivity index (χ2n) is 2.94. The van der Waals surface area contributed by atoms with Crippen molar-refractivity contribution in [3.63, 3.8) is 0 Å². The van der Waals surface area contributed by atoms with Crippen LogP contribution in [-0.2, 0) is 0 Å². The first kappa shape index (κ1) is 9.86. The maximum Gasteiger partial charge on any atom is 0.119 e. The van der Waals surface area contributed by atoms with Crippen LogP contribution in [0.2, 0.25) is 0 Å². The summed E-state index contributed by atoms with van der Waals surface area (Å²) < 4.78 is 5.31. The van der Waals surface area contributed by atoms with E-state index in [-0.39, 0.29) is 0 Å². The highest BCUT2D eigenvalue weighted by molar-refractivity contribution is 5.41. The molecule has 13 heavy (non-hydrogen) atoms. The lowest BCUT2D eigenvalue weighted by molar-refractivity contribution is 0.104. The minimum atomic E-state index is -0.391. The summed E-state index contributed by atoms with van der Waals surface area (Å²) in [6.45, 7) is 2.25. The second-order valence-corrected chi connectivity index (χ2v) is 2.94. The fourth-order valence-corrected chi connectivity index (χ4v) is 0.874. The van der Waals surface area contributed by atoms with E-state index < -0.39 is 6.10 Å². The molecule has 1 atom stereocenters. The summed E-state index contributed by atoms with van der Waals surface area (Å²) in [7, 11) is 0. The third-order valence-corrected chi connectivity index (χ3v) is 1.79. The van der Waals surface area contributed by atoms with E-state index in [0.717, 1.165) is 5.75 Å². The number of hydrogen-bond acceptors (Lipinski definition) is 3. The average molecular weight is 181 g/mol. The summed E-state index contributed by atoms with van der Waals surface area (Å²) in [6.07, 6.45) is 0.312. The number of rotatable bonds is 4. The molecule has 3 heteroatoms. The Labute approximate surface area is 78.1 Å². The minimum absolute atomic E-state index is 0.334. The molecule has 0 amide bonds. The van der Waals surface area contributed by atoms with Crippen molar-refractivity contribution in [1.29, 1.82) is 0 Å². The van der Waals surface area contributed by atoms with Crippen molar-refractivity contribution in [1.82, 2.24) is 0 Å². The van der Waals surface area contributed by atoms with Crippen molar-refractivity contribution < 1.29 is 9.84 Å². The molecule has 0 fully saturated rings. The lowest BCUT2D eigenvalue weighted by Gasteiger charge is -2.09. The number of nitrogens with two attached hydrogens (primary N) is 1. The number of nitrogen functional groups attached to an aromatic ring is 1. The molecule has 3 N–H and O–H groups in total. The van der Waals surface area contributed by atoms with E-state index in [2.05, 4.69) is 0 Å². The van der Waals surface area contributed by atoms with Gasteiger partial charge in [0.05, 0.1) is 6.10 Å². The zero-order valence-corrected chi connectivity index (χ0v) is 7.73. The van der Waals surface area contributed by atoms with E-state index in [1.54, 1.807) is 24.3 Å². The Balaban J connectivity index is 2.41. The van der Waals surface area contributed by atoms with E-state index in [1.165, 1.54) is 0 Å². The van der Waals surface area contributed by atoms with E-state index in [0.29, 0.717) is 18.7 Å². The topological polar surface area (TPSA) is 55.5 Å². The molecular formula is C10H15NO2. The van der Waals surface area contributed by atoms with Gasteiger partial charge in [0.25, 0.3) is 0 Å². The molecule has 72 valence electrons. The quantitative estimate of drug-likeness (QED) is 0.691. The minimum Gasteiger partial charge on any atom is -0.491 e. The van der Waals surface area contributed by atoms with E-state index in [9.17, 15) is 5.11 Å². The zero-order chi connectivity index (χ0) is 9.68. The highest BCUT2D eigenvalue weighted by Crippen LogP contribution is 2.13. The molecular weight excluding hydrogens is 166 g/mol. The molecule has 1 aromatic carbocycles. The van der Waals surface area contributed by atoms with Gasteiger partial charge in [-0.15, -0.1) is 0 Å². The lowest BCUT2D eigenvalue weighted by atomic mass is 10.3. The van der Waals surface area contributed by atoms with Gasteiger partial charge in [0.2, 0.25) is 0 Å². The SMILES string of the molecule is CCC(O)COc1ccc(N)cc1. The number of aliphatic hydroxyl groups is 1. The molecule has 0 radical (unpaired) electrons. The van der Waals surface area contributed by atoms with Crippen LogP contribution in [0.25, 0.3) is 0 Å². The molecule has 0 spiro atoms. The van der Waals surface area contributed by atoms with Crippen molar-refractivity contribution in [3.05, 3.63) is 24.3 Å². The first-order valence-electron chi connectivity index (χ1n) is 4.38. The van der Waals surface area contributed by atoms with Crippen LogP contribution in [0.15, 0.2) is 24.3 Å². The Morgan fingerprint density at radius 1 is 1.38 bits per heavy atom. The van der Waals surface area contributed by atoms with Crippen molar-refractivity contribution in [2.24, 2.45) is 0 Å². The Morgan fingerprint density at radius 3 is 2.54 bits per heavy atom. The highest BCUT2D eigenvalue weighted by Gasteiger charge is 2.00. The predicted octanol–water partition coefficient (Wildman–Crippen LogP) is 1.42. The third kappa shape index (κ3) is 3.34. The lowest BCUT2D eigenvalue weighted by Crippen LogP contribution is -2.15.